The highest BCUT2D eigenvalue weighted by Gasteiger charge is 2.53. The van der Waals surface area contributed by atoms with Crippen LogP contribution >= 0.6 is 0 Å². The average molecular weight is 345 g/mol. The normalized spacial score (nSPS) is 35.2. The van der Waals surface area contributed by atoms with Gasteiger partial charge in [0.2, 0.25) is 0 Å². The van der Waals surface area contributed by atoms with Gasteiger partial charge in [-0.2, -0.15) is 0 Å². The predicted octanol–water partition coefficient (Wildman–Crippen LogP) is 4.31. The van der Waals surface area contributed by atoms with Crippen LogP contribution in [0.2, 0.25) is 0 Å². The Kier molecular flexibility index (Phi) is 4.25. The van der Waals surface area contributed by atoms with Gasteiger partial charge in [0.25, 0.3) is 5.91 Å². The molecular formula is C21H28FNO2. The molecule has 4 aliphatic carbocycles. The van der Waals surface area contributed by atoms with Gasteiger partial charge in [0, 0.05) is 6.04 Å². The van der Waals surface area contributed by atoms with Crippen LogP contribution in [-0.2, 0) is 4.79 Å². The number of ether oxygens (including phenoxy) is 1. The number of rotatable bonds is 5. The highest BCUT2D eigenvalue weighted by molar-refractivity contribution is 5.81. The molecule has 2 atom stereocenters. The number of carbonyl (C=O) groups is 1. The van der Waals surface area contributed by atoms with E-state index in [1.54, 1.807) is 19.1 Å². The molecule has 4 saturated carbocycles. The zero-order valence-corrected chi connectivity index (χ0v) is 15.1. The number of halogens is 1. The van der Waals surface area contributed by atoms with E-state index in [-0.39, 0.29) is 17.8 Å². The molecule has 0 spiro atoms. The van der Waals surface area contributed by atoms with Crippen molar-refractivity contribution in [3.8, 4) is 5.75 Å². The molecule has 0 unspecified atom stereocenters. The molecule has 25 heavy (non-hydrogen) atoms. The van der Waals surface area contributed by atoms with E-state index in [0.29, 0.717) is 11.2 Å². The quantitative estimate of drug-likeness (QED) is 0.863. The Bertz CT molecular complexity index is 607. The van der Waals surface area contributed by atoms with Crippen LogP contribution in [0.3, 0.4) is 0 Å². The van der Waals surface area contributed by atoms with E-state index >= 15 is 0 Å². The summed E-state index contributed by atoms with van der Waals surface area (Å²) in [5.41, 5.74) is 0.292. The predicted molar refractivity (Wildman–Crippen MR) is 94.7 cm³/mol. The second kappa shape index (κ2) is 6.30. The Hall–Kier alpha value is -1.58. The van der Waals surface area contributed by atoms with E-state index < -0.39 is 6.10 Å². The van der Waals surface area contributed by atoms with Crippen molar-refractivity contribution >= 4 is 5.91 Å². The van der Waals surface area contributed by atoms with Crippen LogP contribution in [0.5, 0.6) is 5.75 Å². The molecule has 4 aliphatic rings. The van der Waals surface area contributed by atoms with Crippen molar-refractivity contribution in [2.75, 3.05) is 0 Å². The van der Waals surface area contributed by atoms with Crippen LogP contribution < -0.4 is 10.1 Å². The summed E-state index contributed by atoms with van der Waals surface area (Å²) >= 11 is 0. The minimum atomic E-state index is -0.582. The molecule has 4 heteroatoms. The lowest BCUT2D eigenvalue weighted by molar-refractivity contribution is -0.131. The molecule has 4 fully saturated rings. The molecule has 1 N–H and O–H groups in total. The van der Waals surface area contributed by atoms with E-state index in [1.165, 1.54) is 50.7 Å². The summed E-state index contributed by atoms with van der Waals surface area (Å²) in [6, 6.07) is 5.99. The zero-order chi connectivity index (χ0) is 17.6. The molecular weight excluding hydrogens is 317 g/mol. The SMILES string of the molecule is C[C@H](Oc1ccc(F)cc1)C(=O)N[C@@H](C)C12CC3CC(CC(C3)C1)C2. The largest absolute Gasteiger partial charge is 0.481 e. The number of hydrogen-bond donors (Lipinski definition) is 1. The van der Waals surface area contributed by atoms with Crippen LogP contribution in [0.4, 0.5) is 4.39 Å². The zero-order valence-electron chi connectivity index (χ0n) is 15.1. The third kappa shape index (κ3) is 3.28. The molecule has 0 heterocycles. The highest BCUT2D eigenvalue weighted by atomic mass is 19.1. The first-order chi connectivity index (χ1) is 11.9. The molecule has 0 radical (unpaired) electrons. The summed E-state index contributed by atoms with van der Waals surface area (Å²) < 4.78 is 18.7. The Morgan fingerprint density at radius 1 is 1.08 bits per heavy atom. The lowest BCUT2D eigenvalue weighted by atomic mass is 9.48. The summed E-state index contributed by atoms with van der Waals surface area (Å²) in [5, 5.41) is 3.23. The van der Waals surface area contributed by atoms with Crippen molar-refractivity contribution in [3.63, 3.8) is 0 Å². The Morgan fingerprint density at radius 3 is 2.12 bits per heavy atom. The average Bonchev–Trinajstić information content (AvgIpc) is 2.55. The maximum absolute atomic E-state index is 13.0. The first kappa shape index (κ1) is 16.9. The van der Waals surface area contributed by atoms with Gasteiger partial charge in [0.15, 0.2) is 6.10 Å². The van der Waals surface area contributed by atoms with Gasteiger partial charge in [-0.05, 0) is 99.8 Å². The van der Waals surface area contributed by atoms with E-state index in [4.69, 9.17) is 4.74 Å². The number of nitrogens with one attached hydrogen (secondary N) is 1. The van der Waals surface area contributed by atoms with Crippen LogP contribution in [0, 0.1) is 29.0 Å². The molecule has 5 rings (SSSR count). The minimum Gasteiger partial charge on any atom is -0.481 e. The molecule has 3 nitrogen and oxygen atoms in total. The first-order valence-electron chi connectivity index (χ1n) is 9.66. The smallest absolute Gasteiger partial charge is 0.261 e. The van der Waals surface area contributed by atoms with E-state index in [1.807, 2.05) is 0 Å². The fraction of sp³-hybridized carbons (Fsp3) is 0.667. The fourth-order valence-electron chi connectivity index (χ4n) is 5.96. The van der Waals surface area contributed by atoms with Crippen molar-refractivity contribution < 1.29 is 13.9 Å². The maximum Gasteiger partial charge on any atom is 0.261 e. The van der Waals surface area contributed by atoms with Crippen LogP contribution in [0.1, 0.15) is 52.4 Å². The van der Waals surface area contributed by atoms with Gasteiger partial charge >= 0.3 is 0 Å². The third-order valence-corrected chi connectivity index (χ3v) is 6.86. The summed E-state index contributed by atoms with van der Waals surface area (Å²) in [6.45, 7) is 3.93. The Balaban J connectivity index is 1.38. The lowest BCUT2D eigenvalue weighted by Gasteiger charge is -2.59. The summed E-state index contributed by atoms with van der Waals surface area (Å²) in [7, 11) is 0. The van der Waals surface area contributed by atoms with Gasteiger partial charge in [-0.15, -0.1) is 0 Å². The van der Waals surface area contributed by atoms with E-state index in [2.05, 4.69) is 12.2 Å². The topological polar surface area (TPSA) is 38.3 Å². The number of hydrogen-bond acceptors (Lipinski definition) is 2. The molecule has 0 aliphatic heterocycles. The lowest BCUT2D eigenvalue weighted by Crippen LogP contribution is -2.57. The van der Waals surface area contributed by atoms with Crippen LogP contribution in [0.15, 0.2) is 24.3 Å². The second-order valence-electron chi connectivity index (χ2n) is 8.72. The van der Waals surface area contributed by atoms with Gasteiger partial charge in [-0.1, -0.05) is 0 Å². The summed E-state index contributed by atoms with van der Waals surface area (Å²) in [6.07, 6.45) is 7.45. The molecule has 0 aromatic heterocycles. The third-order valence-electron chi connectivity index (χ3n) is 6.86. The van der Waals surface area contributed by atoms with Crippen molar-refractivity contribution in [1.29, 1.82) is 0 Å². The monoisotopic (exact) mass is 345 g/mol. The summed E-state index contributed by atoms with van der Waals surface area (Å²) in [5.74, 6) is 2.76. The summed E-state index contributed by atoms with van der Waals surface area (Å²) in [4.78, 5) is 12.6. The van der Waals surface area contributed by atoms with Crippen molar-refractivity contribution in [3.05, 3.63) is 30.1 Å². The standard InChI is InChI=1S/C21H28FNO2/c1-13(25-19-5-3-18(22)4-6-19)20(24)23-14(2)21-10-15-7-16(11-21)9-17(8-15)12-21/h3-6,13-17H,7-12H2,1-2H3,(H,23,24)/t13-,14-,15?,16?,17?,21?/m0/s1. The van der Waals surface area contributed by atoms with Crippen molar-refractivity contribution in [2.45, 2.75) is 64.5 Å². The fourth-order valence-corrected chi connectivity index (χ4v) is 5.96. The molecule has 1 aromatic carbocycles. The van der Waals surface area contributed by atoms with Gasteiger partial charge in [-0.3, -0.25) is 4.79 Å². The minimum absolute atomic E-state index is 0.0763. The highest BCUT2D eigenvalue weighted by Crippen LogP contribution is 2.61. The van der Waals surface area contributed by atoms with Crippen molar-refractivity contribution in [1.82, 2.24) is 5.32 Å². The number of benzene rings is 1. The number of amides is 1. The Labute approximate surface area is 149 Å². The first-order valence-corrected chi connectivity index (χ1v) is 9.66. The van der Waals surface area contributed by atoms with E-state index in [9.17, 15) is 9.18 Å². The Morgan fingerprint density at radius 2 is 1.60 bits per heavy atom. The molecule has 136 valence electrons. The van der Waals surface area contributed by atoms with Gasteiger partial charge in [-0.25, -0.2) is 4.39 Å². The number of carbonyl (C=O) groups excluding carboxylic acids is 1. The molecule has 0 saturated heterocycles. The van der Waals surface area contributed by atoms with E-state index in [0.717, 1.165) is 17.8 Å². The second-order valence-corrected chi connectivity index (χ2v) is 8.72. The molecule has 4 bridgehead atoms. The van der Waals surface area contributed by atoms with Crippen LogP contribution in [0.25, 0.3) is 0 Å². The maximum atomic E-state index is 13.0. The van der Waals surface area contributed by atoms with Crippen molar-refractivity contribution in [2.24, 2.45) is 23.2 Å². The molecule has 1 aromatic rings. The molecule has 1 amide bonds. The van der Waals surface area contributed by atoms with Gasteiger partial charge in [0.05, 0.1) is 0 Å². The van der Waals surface area contributed by atoms with Gasteiger partial charge < -0.3 is 10.1 Å². The van der Waals surface area contributed by atoms with Crippen LogP contribution in [-0.4, -0.2) is 18.1 Å². The van der Waals surface area contributed by atoms with Gasteiger partial charge in [0.1, 0.15) is 11.6 Å².